The van der Waals surface area contributed by atoms with E-state index in [0.29, 0.717) is 5.56 Å². The van der Waals surface area contributed by atoms with Crippen LogP contribution in [-0.4, -0.2) is 24.0 Å². The van der Waals surface area contributed by atoms with Crippen LogP contribution >= 0.6 is 0 Å². The van der Waals surface area contributed by atoms with E-state index in [4.69, 9.17) is 10.5 Å². The second-order valence-corrected chi connectivity index (χ2v) is 5.37. The largest absolute Gasteiger partial charge is 0.471 e. The van der Waals surface area contributed by atoms with Crippen LogP contribution in [0.1, 0.15) is 16.7 Å². The third-order valence-electron chi connectivity index (χ3n) is 3.11. The van der Waals surface area contributed by atoms with Crippen molar-refractivity contribution < 1.29 is 13.5 Å². The Morgan fingerprint density at radius 2 is 2.00 bits per heavy atom. The number of anilines is 1. The topological polar surface area (TPSA) is 72.5 Å². The Labute approximate surface area is 139 Å². The number of pyridine rings is 1. The zero-order valence-corrected chi connectivity index (χ0v) is 13.6. The van der Waals surface area contributed by atoms with Gasteiger partial charge in [0.1, 0.15) is 0 Å². The second kappa shape index (κ2) is 8.24. The van der Waals surface area contributed by atoms with Gasteiger partial charge in [-0.05, 0) is 43.2 Å². The molecule has 2 aromatic rings. The van der Waals surface area contributed by atoms with Crippen LogP contribution in [0.25, 0.3) is 0 Å². The van der Waals surface area contributed by atoms with Crippen LogP contribution in [-0.2, 0) is 6.54 Å². The number of aliphatic imine (C=N–C) groups is 1. The van der Waals surface area contributed by atoms with E-state index in [-0.39, 0.29) is 18.4 Å². The maximum absolute atomic E-state index is 12.3. The lowest BCUT2D eigenvalue weighted by Crippen LogP contribution is -2.22. The van der Waals surface area contributed by atoms with Crippen LogP contribution < -0.4 is 15.8 Å². The van der Waals surface area contributed by atoms with Crippen molar-refractivity contribution >= 4 is 11.6 Å². The zero-order valence-electron chi connectivity index (χ0n) is 13.6. The molecule has 1 aromatic heterocycles. The van der Waals surface area contributed by atoms with Crippen LogP contribution in [0, 0.1) is 13.8 Å². The summed E-state index contributed by atoms with van der Waals surface area (Å²) in [6, 6.07) is 9.36. The van der Waals surface area contributed by atoms with Crippen molar-refractivity contribution in [1.82, 2.24) is 4.98 Å². The molecule has 0 aliphatic heterocycles. The van der Waals surface area contributed by atoms with Gasteiger partial charge in [0.2, 0.25) is 5.88 Å². The minimum absolute atomic E-state index is 0.140. The Morgan fingerprint density at radius 1 is 1.29 bits per heavy atom. The summed E-state index contributed by atoms with van der Waals surface area (Å²) in [5.74, 6) is 0.365. The molecule has 1 aromatic carbocycles. The molecule has 128 valence electrons. The molecule has 0 unspecified atom stereocenters. The lowest BCUT2D eigenvalue weighted by atomic mass is 10.1. The smallest absolute Gasteiger partial charge is 0.272 e. The molecule has 7 heteroatoms. The van der Waals surface area contributed by atoms with Gasteiger partial charge in [-0.15, -0.1) is 0 Å². The molecule has 0 atom stereocenters. The number of aromatic nitrogens is 1. The minimum Gasteiger partial charge on any atom is -0.471 e. The first-order chi connectivity index (χ1) is 11.4. The van der Waals surface area contributed by atoms with Crippen molar-refractivity contribution in [2.75, 3.05) is 11.9 Å². The summed E-state index contributed by atoms with van der Waals surface area (Å²) in [7, 11) is 0. The van der Waals surface area contributed by atoms with Gasteiger partial charge in [-0.1, -0.05) is 12.1 Å². The first-order valence-corrected chi connectivity index (χ1v) is 7.44. The maximum atomic E-state index is 12.3. The molecule has 0 bridgehead atoms. The highest BCUT2D eigenvalue weighted by Gasteiger charge is 2.08. The number of ether oxygens (including phenoxy) is 1. The summed E-state index contributed by atoms with van der Waals surface area (Å²) in [6.07, 6.45) is -1.08. The van der Waals surface area contributed by atoms with Crippen molar-refractivity contribution in [3.05, 3.63) is 53.2 Å². The first-order valence-electron chi connectivity index (χ1n) is 7.44. The molecule has 0 aliphatic rings. The number of guanidine groups is 1. The van der Waals surface area contributed by atoms with E-state index in [1.165, 1.54) is 6.20 Å². The predicted molar refractivity (Wildman–Crippen MR) is 90.6 cm³/mol. The van der Waals surface area contributed by atoms with Crippen LogP contribution in [0.5, 0.6) is 5.88 Å². The molecule has 0 saturated carbocycles. The average molecular weight is 334 g/mol. The Hall–Kier alpha value is -2.70. The van der Waals surface area contributed by atoms with Gasteiger partial charge >= 0.3 is 0 Å². The third-order valence-corrected chi connectivity index (χ3v) is 3.11. The highest BCUT2D eigenvalue weighted by Crippen LogP contribution is 2.17. The lowest BCUT2D eigenvalue weighted by Gasteiger charge is -2.10. The lowest BCUT2D eigenvalue weighted by molar-refractivity contribution is 0.0791. The predicted octanol–water partition coefficient (Wildman–Crippen LogP) is 3.27. The third kappa shape index (κ3) is 5.49. The zero-order chi connectivity index (χ0) is 17.5. The fraction of sp³-hybridized carbons (Fsp3) is 0.294. The molecule has 1 heterocycles. The quantitative estimate of drug-likeness (QED) is 0.628. The number of benzene rings is 1. The number of hydrogen-bond acceptors (Lipinski definition) is 3. The number of nitrogens with one attached hydrogen (secondary N) is 1. The van der Waals surface area contributed by atoms with Gasteiger partial charge in [-0.3, -0.25) is 0 Å². The highest BCUT2D eigenvalue weighted by molar-refractivity contribution is 5.92. The standard InChI is InChI=1S/C17H20F2N4O/c1-11-6-12(2)8-14(7-11)23-17(20)22-9-13-4-3-5-21-16(13)24-10-15(18)19/h3-8,15H,9-10H2,1-2H3,(H3,20,22,23). The Kier molecular flexibility index (Phi) is 6.06. The maximum Gasteiger partial charge on any atom is 0.272 e. The number of halogens is 2. The molecule has 24 heavy (non-hydrogen) atoms. The van der Waals surface area contributed by atoms with Crippen molar-refractivity contribution in [2.45, 2.75) is 26.8 Å². The minimum atomic E-state index is -2.56. The molecule has 0 spiro atoms. The van der Waals surface area contributed by atoms with E-state index in [1.54, 1.807) is 12.1 Å². The molecule has 0 fully saturated rings. The van der Waals surface area contributed by atoms with E-state index in [1.807, 2.05) is 26.0 Å². The van der Waals surface area contributed by atoms with Gasteiger partial charge in [-0.2, -0.15) is 0 Å². The number of nitrogens with two attached hydrogens (primary N) is 1. The van der Waals surface area contributed by atoms with E-state index in [0.717, 1.165) is 16.8 Å². The van der Waals surface area contributed by atoms with E-state index >= 15 is 0 Å². The monoisotopic (exact) mass is 334 g/mol. The highest BCUT2D eigenvalue weighted by atomic mass is 19.3. The van der Waals surface area contributed by atoms with Crippen LogP contribution in [0.15, 0.2) is 41.5 Å². The molecule has 0 saturated heterocycles. The summed E-state index contributed by atoms with van der Waals surface area (Å²) in [5.41, 5.74) is 9.53. The summed E-state index contributed by atoms with van der Waals surface area (Å²) < 4.78 is 29.5. The van der Waals surface area contributed by atoms with Gasteiger partial charge in [-0.25, -0.2) is 18.8 Å². The van der Waals surface area contributed by atoms with Gasteiger partial charge < -0.3 is 15.8 Å². The van der Waals surface area contributed by atoms with Crippen molar-refractivity contribution in [2.24, 2.45) is 10.7 Å². The van der Waals surface area contributed by atoms with Gasteiger partial charge in [0.25, 0.3) is 6.43 Å². The number of rotatable bonds is 6. The Bertz CT molecular complexity index is 699. The SMILES string of the molecule is Cc1cc(C)cc(NC(N)=NCc2cccnc2OCC(F)F)c1. The Morgan fingerprint density at radius 3 is 2.67 bits per heavy atom. The molecule has 0 aliphatic carbocycles. The molecular formula is C17H20F2N4O. The van der Waals surface area contributed by atoms with Crippen LogP contribution in [0.2, 0.25) is 0 Å². The Balaban J connectivity index is 2.04. The number of nitrogens with zero attached hydrogens (tertiary/aromatic N) is 2. The van der Waals surface area contributed by atoms with E-state index in [9.17, 15) is 8.78 Å². The molecular weight excluding hydrogens is 314 g/mol. The first kappa shape index (κ1) is 17.7. The molecule has 2 rings (SSSR count). The van der Waals surface area contributed by atoms with Gasteiger partial charge in [0.15, 0.2) is 12.6 Å². The second-order valence-electron chi connectivity index (χ2n) is 5.37. The van der Waals surface area contributed by atoms with Gasteiger partial charge in [0.05, 0.1) is 6.54 Å². The van der Waals surface area contributed by atoms with E-state index in [2.05, 4.69) is 21.4 Å². The van der Waals surface area contributed by atoms with Crippen molar-refractivity contribution in [3.8, 4) is 5.88 Å². The number of alkyl halides is 2. The summed E-state index contributed by atoms with van der Waals surface area (Å²) in [4.78, 5) is 8.16. The summed E-state index contributed by atoms with van der Waals surface area (Å²) in [5, 5.41) is 3.01. The molecule has 3 N–H and O–H groups in total. The van der Waals surface area contributed by atoms with E-state index < -0.39 is 13.0 Å². The van der Waals surface area contributed by atoms with Gasteiger partial charge in [0, 0.05) is 17.4 Å². The average Bonchev–Trinajstić information content (AvgIpc) is 2.50. The van der Waals surface area contributed by atoms with Crippen LogP contribution in [0.3, 0.4) is 0 Å². The van der Waals surface area contributed by atoms with Crippen LogP contribution in [0.4, 0.5) is 14.5 Å². The normalized spacial score (nSPS) is 11.6. The van der Waals surface area contributed by atoms with Crippen molar-refractivity contribution in [1.29, 1.82) is 0 Å². The fourth-order valence-electron chi connectivity index (χ4n) is 2.22. The molecule has 0 radical (unpaired) electrons. The number of aryl methyl sites for hydroxylation is 2. The molecule has 5 nitrogen and oxygen atoms in total. The number of hydrogen-bond donors (Lipinski definition) is 2. The summed E-state index contributed by atoms with van der Waals surface area (Å²) >= 11 is 0. The summed E-state index contributed by atoms with van der Waals surface area (Å²) in [6.45, 7) is 3.46. The van der Waals surface area contributed by atoms with Crippen molar-refractivity contribution in [3.63, 3.8) is 0 Å². The fourth-order valence-corrected chi connectivity index (χ4v) is 2.22. The molecule has 0 amide bonds.